The van der Waals surface area contributed by atoms with Crippen LogP contribution >= 0.6 is 0 Å². The molecule has 0 bridgehead atoms. The number of Topliss-reactive ketones (excluding diaryl/α,β-unsaturated/α-hetero) is 1. The summed E-state index contributed by atoms with van der Waals surface area (Å²) in [7, 11) is 0. The maximum atomic E-state index is 11.7. The quantitative estimate of drug-likeness (QED) is 0.428. The van der Waals surface area contributed by atoms with E-state index < -0.39 is 12.1 Å². The summed E-state index contributed by atoms with van der Waals surface area (Å²) in [5.74, 6) is -0.808. The standard InChI is InChI=1S/C12H12O3/c1-3-11(13)15-9(2)12(14)10-7-5-4-6-8-10/h3-9H,1H2,2H3. The van der Waals surface area contributed by atoms with Crippen molar-refractivity contribution in [3.63, 3.8) is 0 Å². The largest absolute Gasteiger partial charge is 0.451 e. The zero-order chi connectivity index (χ0) is 11.3. The molecule has 1 rings (SSSR count). The number of carbonyl (C=O) groups excluding carboxylic acids is 2. The van der Waals surface area contributed by atoms with E-state index in [4.69, 9.17) is 4.74 Å². The van der Waals surface area contributed by atoms with Gasteiger partial charge in [0.1, 0.15) is 0 Å². The monoisotopic (exact) mass is 204 g/mol. The van der Waals surface area contributed by atoms with Gasteiger partial charge in [0, 0.05) is 11.6 Å². The van der Waals surface area contributed by atoms with Crippen LogP contribution in [0, 0.1) is 0 Å². The van der Waals surface area contributed by atoms with Gasteiger partial charge in [-0.25, -0.2) is 4.79 Å². The Bertz CT molecular complexity index is 368. The van der Waals surface area contributed by atoms with Gasteiger partial charge in [0.2, 0.25) is 5.78 Å². The lowest BCUT2D eigenvalue weighted by atomic mass is 10.1. The normalized spacial score (nSPS) is 11.5. The van der Waals surface area contributed by atoms with Crippen molar-refractivity contribution in [1.29, 1.82) is 0 Å². The van der Waals surface area contributed by atoms with Crippen LogP contribution in [0.5, 0.6) is 0 Å². The van der Waals surface area contributed by atoms with E-state index in [1.807, 2.05) is 6.07 Å². The fraction of sp³-hybridized carbons (Fsp3) is 0.167. The molecular formula is C12H12O3. The number of ketones is 1. The van der Waals surface area contributed by atoms with E-state index in [1.54, 1.807) is 24.3 Å². The molecule has 1 aromatic rings. The minimum Gasteiger partial charge on any atom is -0.451 e. The van der Waals surface area contributed by atoms with Gasteiger partial charge in [0.15, 0.2) is 6.10 Å². The molecule has 78 valence electrons. The number of ether oxygens (including phenoxy) is 1. The van der Waals surface area contributed by atoms with Gasteiger partial charge in [-0.15, -0.1) is 0 Å². The van der Waals surface area contributed by atoms with Crippen LogP contribution in [0.15, 0.2) is 43.0 Å². The molecule has 0 saturated carbocycles. The van der Waals surface area contributed by atoms with Crippen LogP contribution in [0.3, 0.4) is 0 Å². The molecule has 15 heavy (non-hydrogen) atoms. The molecule has 0 saturated heterocycles. The zero-order valence-electron chi connectivity index (χ0n) is 8.47. The van der Waals surface area contributed by atoms with E-state index >= 15 is 0 Å². The summed E-state index contributed by atoms with van der Waals surface area (Å²) in [6.45, 7) is 4.80. The number of esters is 1. The molecule has 3 heteroatoms. The molecule has 1 aromatic carbocycles. The molecule has 0 aromatic heterocycles. The molecule has 0 spiro atoms. The average Bonchev–Trinajstić information content (AvgIpc) is 2.29. The second-order valence-electron chi connectivity index (χ2n) is 3.01. The van der Waals surface area contributed by atoms with E-state index in [0.29, 0.717) is 5.56 Å². The molecule has 0 radical (unpaired) electrons. The molecule has 0 heterocycles. The topological polar surface area (TPSA) is 43.4 Å². The lowest BCUT2D eigenvalue weighted by Crippen LogP contribution is -2.23. The lowest BCUT2D eigenvalue weighted by Gasteiger charge is -2.10. The van der Waals surface area contributed by atoms with E-state index in [9.17, 15) is 9.59 Å². The molecule has 1 unspecified atom stereocenters. The second-order valence-corrected chi connectivity index (χ2v) is 3.01. The van der Waals surface area contributed by atoms with Crippen molar-refractivity contribution in [3.8, 4) is 0 Å². The van der Waals surface area contributed by atoms with Crippen molar-refractivity contribution in [1.82, 2.24) is 0 Å². The van der Waals surface area contributed by atoms with Crippen LogP contribution < -0.4 is 0 Å². The second kappa shape index (κ2) is 5.10. The first-order chi connectivity index (χ1) is 7.15. The van der Waals surface area contributed by atoms with Crippen molar-refractivity contribution >= 4 is 11.8 Å². The summed E-state index contributed by atoms with van der Waals surface area (Å²) in [5.41, 5.74) is 0.530. The third-order valence-corrected chi connectivity index (χ3v) is 1.89. The number of rotatable bonds is 4. The van der Waals surface area contributed by atoms with Gasteiger partial charge in [0.05, 0.1) is 0 Å². The van der Waals surface area contributed by atoms with Gasteiger partial charge in [-0.1, -0.05) is 36.9 Å². The van der Waals surface area contributed by atoms with Crippen LogP contribution in [0.4, 0.5) is 0 Å². The van der Waals surface area contributed by atoms with Gasteiger partial charge in [0.25, 0.3) is 0 Å². The van der Waals surface area contributed by atoms with Crippen molar-refractivity contribution in [2.75, 3.05) is 0 Å². The third-order valence-electron chi connectivity index (χ3n) is 1.89. The Morgan fingerprint density at radius 2 is 1.93 bits per heavy atom. The average molecular weight is 204 g/mol. The van der Waals surface area contributed by atoms with E-state index in [-0.39, 0.29) is 5.78 Å². The first kappa shape index (κ1) is 11.2. The van der Waals surface area contributed by atoms with E-state index in [1.165, 1.54) is 6.92 Å². The Hall–Kier alpha value is -1.90. The molecule has 0 amide bonds. The number of carbonyl (C=O) groups is 2. The maximum Gasteiger partial charge on any atom is 0.330 e. The smallest absolute Gasteiger partial charge is 0.330 e. The molecule has 0 aliphatic heterocycles. The van der Waals surface area contributed by atoms with Crippen molar-refractivity contribution in [2.45, 2.75) is 13.0 Å². The van der Waals surface area contributed by atoms with E-state index in [0.717, 1.165) is 6.08 Å². The Labute approximate surface area is 88.4 Å². The third kappa shape index (κ3) is 3.06. The Morgan fingerprint density at radius 3 is 2.47 bits per heavy atom. The molecule has 0 aliphatic carbocycles. The Morgan fingerprint density at radius 1 is 1.33 bits per heavy atom. The highest BCUT2D eigenvalue weighted by molar-refractivity contribution is 6.00. The van der Waals surface area contributed by atoms with Gasteiger partial charge < -0.3 is 4.74 Å². The maximum absolute atomic E-state index is 11.7. The van der Waals surface area contributed by atoms with Crippen molar-refractivity contribution in [2.24, 2.45) is 0 Å². The van der Waals surface area contributed by atoms with E-state index in [2.05, 4.69) is 6.58 Å². The summed E-state index contributed by atoms with van der Waals surface area (Å²) in [6.07, 6.45) is 0.257. The van der Waals surface area contributed by atoms with Crippen LogP contribution in [-0.4, -0.2) is 17.9 Å². The summed E-state index contributed by atoms with van der Waals surface area (Å²) >= 11 is 0. The molecular weight excluding hydrogens is 192 g/mol. The minimum absolute atomic E-state index is 0.217. The molecule has 1 atom stereocenters. The fourth-order valence-corrected chi connectivity index (χ4v) is 1.11. The predicted octanol–water partition coefficient (Wildman–Crippen LogP) is 1.99. The predicted molar refractivity (Wildman–Crippen MR) is 56.5 cm³/mol. The van der Waals surface area contributed by atoms with Crippen LogP contribution in [-0.2, 0) is 9.53 Å². The highest BCUT2D eigenvalue weighted by atomic mass is 16.5. The Balaban J connectivity index is 2.69. The lowest BCUT2D eigenvalue weighted by molar-refractivity contribution is -0.140. The highest BCUT2D eigenvalue weighted by Crippen LogP contribution is 2.06. The fourth-order valence-electron chi connectivity index (χ4n) is 1.11. The summed E-state index contributed by atoms with van der Waals surface area (Å²) in [6, 6.07) is 8.70. The number of benzene rings is 1. The van der Waals surface area contributed by atoms with Crippen LogP contribution in [0.2, 0.25) is 0 Å². The first-order valence-corrected chi connectivity index (χ1v) is 4.57. The summed E-state index contributed by atoms with van der Waals surface area (Å²) in [5, 5.41) is 0. The summed E-state index contributed by atoms with van der Waals surface area (Å²) < 4.78 is 4.81. The number of hydrogen-bond donors (Lipinski definition) is 0. The van der Waals surface area contributed by atoms with Gasteiger partial charge in [-0.3, -0.25) is 4.79 Å². The first-order valence-electron chi connectivity index (χ1n) is 4.57. The zero-order valence-corrected chi connectivity index (χ0v) is 8.47. The minimum atomic E-state index is -0.780. The van der Waals surface area contributed by atoms with Gasteiger partial charge in [-0.05, 0) is 6.92 Å². The van der Waals surface area contributed by atoms with Crippen LogP contribution in [0.1, 0.15) is 17.3 Å². The van der Waals surface area contributed by atoms with Gasteiger partial charge >= 0.3 is 5.97 Å². The Kier molecular flexibility index (Phi) is 3.80. The molecule has 0 N–H and O–H groups in total. The molecule has 3 nitrogen and oxygen atoms in total. The highest BCUT2D eigenvalue weighted by Gasteiger charge is 2.17. The van der Waals surface area contributed by atoms with Crippen LogP contribution in [0.25, 0.3) is 0 Å². The SMILES string of the molecule is C=CC(=O)OC(C)C(=O)c1ccccc1. The van der Waals surface area contributed by atoms with Crippen molar-refractivity contribution in [3.05, 3.63) is 48.6 Å². The summed E-state index contributed by atoms with van der Waals surface area (Å²) in [4.78, 5) is 22.6. The van der Waals surface area contributed by atoms with Crippen molar-refractivity contribution < 1.29 is 14.3 Å². The van der Waals surface area contributed by atoms with Gasteiger partial charge in [-0.2, -0.15) is 0 Å². The number of hydrogen-bond acceptors (Lipinski definition) is 3. The molecule has 0 aliphatic rings. The molecule has 0 fully saturated rings.